The molecule has 1 aliphatic rings. The zero-order valence-electron chi connectivity index (χ0n) is 15.5. The third kappa shape index (κ3) is 2.97. The minimum Gasteiger partial charge on any atom is -0.493 e. The summed E-state index contributed by atoms with van der Waals surface area (Å²) >= 11 is 0. The largest absolute Gasteiger partial charge is 0.493 e. The van der Waals surface area contributed by atoms with Crippen molar-refractivity contribution in [1.82, 2.24) is 10.2 Å². The molecule has 6 heteroatoms. The summed E-state index contributed by atoms with van der Waals surface area (Å²) in [6, 6.07) is 19.8. The van der Waals surface area contributed by atoms with Gasteiger partial charge in [0.2, 0.25) is 11.8 Å². The summed E-state index contributed by atoms with van der Waals surface area (Å²) in [4.78, 5) is 0. The number of rotatable bonds is 5. The van der Waals surface area contributed by atoms with Gasteiger partial charge in [0.1, 0.15) is 17.4 Å². The maximum atomic E-state index is 9.85. The summed E-state index contributed by atoms with van der Waals surface area (Å²) < 4.78 is 11.6. The molecule has 0 saturated carbocycles. The van der Waals surface area contributed by atoms with Crippen LogP contribution in [0.5, 0.6) is 11.6 Å². The number of para-hydroxylation sites is 1. The van der Waals surface area contributed by atoms with Crippen LogP contribution in [0, 0.1) is 11.3 Å². The average molecular weight is 372 g/mol. The predicted octanol–water partition coefficient (Wildman–Crippen LogP) is 4.08. The van der Waals surface area contributed by atoms with E-state index in [-0.39, 0.29) is 5.88 Å². The van der Waals surface area contributed by atoms with Gasteiger partial charge in [-0.2, -0.15) is 5.26 Å². The Morgan fingerprint density at radius 2 is 1.93 bits per heavy atom. The molecule has 2 heterocycles. The summed E-state index contributed by atoms with van der Waals surface area (Å²) in [6.07, 6.45) is 0.886. The number of nitriles is 1. The molecule has 6 nitrogen and oxygen atoms in total. The minimum atomic E-state index is -0.434. The smallest absolute Gasteiger partial charge is 0.244 e. The highest BCUT2D eigenvalue weighted by molar-refractivity contribution is 5.71. The molecular weight excluding hydrogens is 352 g/mol. The van der Waals surface area contributed by atoms with Crippen LogP contribution in [0.3, 0.4) is 0 Å². The van der Waals surface area contributed by atoms with E-state index in [0.29, 0.717) is 18.1 Å². The first-order valence-electron chi connectivity index (χ1n) is 9.17. The van der Waals surface area contributed by atoms with Crippen molar-refractivity contribution >= 4 is 0 Å². The Hall–Kier alpha value is -3.72. The standard InChI is InChI=1S/C22H20N4O2/c1-2-12-27-17-11-7-6-10-15(17)18-16(13-23)21(24)28-22-19(18)20(25-26-22)14-8-4-3-5-9-14/h3-11,18H,2,12,24H2,1H3,(H,25,26). The Bertz CT molecular complexity index is 1060. The number of fused-ring (bicyclic) bond motifs is 1. The normalized spacial score (nSPS) is 15.5. The molecule has 0 spiro atoms. The van der Waals surface area contributed by atoms with Crippen molar-refractivity contribution in [2.45, 2.75) is 19.3 Å². The molecular formula is C22H20N4O2. The van der Waals surface area contributed by atoms with Crippen LogP contribution in [-0.2, 0) is 0 Å². The molecule has 4 rings (SSSR count). The lowest BCUT2D eigenvalue weighted by Gasteiger charge is -2.25. The van der Waals surface area contributed by atoms with Crippen LogP contribution in [0.2, 0.25) is 0 Å². The van der Waals surface area contributed by atoms with Gasteiger partial charge >= 0.3 is 0 Å². The number of hydrogen-bond donors (Lipinski definition) is 2. The number of allylic oxidation sites excluding steroid dienone is 1. The molecule has 1 aromatic heterocycles. The van der Waals surface area contributed by atoms with Gasteiger partial charge in [0.25, 0.3) is 0 Å². The van der Waals surface area contributed by atoms with Crippen molar-refractivity contribution in [3.63, 3.8) is 0 Å². The van der Waals surface area contributed by atoms with E-state index in [4.69, 9.17) is 15.2 Å². The first-order chi connectivity index (χ1) is 13.7. The highest BCUT2D eigenvalue weighted by Crippen LogP contribution is 2.47. The third-order valence-corrected chi connectivity index (χ3v) is 4.69. The number of nitrogens with zero attached hydrogens (tertiary/aromatic N) is 2. The molecule has 28 heavy (non-hydrogen) atoms. The SMILES string of the molecule is CCCOc1ccccc1C1C(C#N)=C(N)Oc2n[nH]c(-c3ccccc3)c21. The molecule has 3 N–H and O–H groups in total. The van der Waals surface area contributed by atoms with Crippen molar-refractivity contribution in [2.75, 3.05) is 6.61 Å². The van der Waals surface area contributed by atoms with Crippen molar-refractivity contribution in [3.8, 4) is 29.0 Å². The number of nitrogens with one attached hydrogen (secondary N) is 1. The highest BCUT2D eigenvalue weighted by atomic mass is 16.5. The number of aromatic amines is 1. The Labute approximate surface area is 163 Å². The molecule has 1 aliphatic heterocycles. The van der Waals surface area contributed by atoms with Gasteiger partial charge in [-0.05, 0) is 18.1 Å². The van der Waals surface area contributed by atoms with Crippen molar-refractivity contribution in [3.05, 3.63) is 77.2 Å². The van der Waals surface area contributed by atoms with Gasteiger partial charge in [-0.25, -0.2) is 0 Å². The predicted molar refractivity (Wildman–Crippen MR) is 106 cm³/mol. The van der Waals surface area contributed by atoms with E-state index in [9.17, 15) is 5.26 Å². The van der Waals surface area contributed by atoms with Gasteiger partial charge < -0.3 is 15.2 Å². The molecule has 1 atom stereocenters. The van der Waals surface area contributed by atoms with Gasteiger partial charge in [0, 0.05) is 5.56 Å². The zero-order chi connectivity index (χ0) is 19.5. The molecule has 0 aliphatic carbocycles. The second kappa shape index (κ2) is 7.49. The van der Waals surface area contributed by atoms with Crippen LogP contribution in [0.15, 0.2) is 66.1 Å². The number of nitrogens with two attached hydrogens (primary N) is 1. The summed E-state index contributed by atoms with van der Waals surface area (Å²) in [5.74, 6) is 0.737. The summed E-state index contributed by atoms with van der Waals surface area (Å²) in [5.41, 5.74) is 9.81. The van der Waals surface area contributed by atoms with Gasteiger partial charge in [0.15, 0.2) is 0 Å². The van der Waals surface area contributed by atoms with E-state index in [1.807, 2.05) is 54.6 Å². The second-order valence-electron chi connectivity index (χ2n) is 6.49. The van der Waals surface area contributed by atoms with E-state index in [1.54, 1.807) is 0 Å². The van der Waals surface area contributed by atoms with E-state index in [0.717, 1.165) is 34.6 Å². The third-order valence-electron chi connectivity index (χ3n) is 4.69. The summed E-state index contributed by atoms with van der Waals surface area (Å²) in [6.45, 7) is 2.64. The van der Waals surface area contributed by atoms with Crippen LogP contribution in [0.4, 0.5) is 0 Å². The van der Waals surface area contributed by atoms with Crippen molar-refractivity contribution in [2.24, 2.45) is 5.73 Å². The van der Waals surface area contributed by atoms with Crippen molar-refractivity contribution < 1.29 is 9.47 Å². The van der Waals surface area contributed by atoms with Gasteiger partial charge in [-0.1, -0.05) is 55.5 Å². The fourth-order valence-corrected chi connectivity index (χ4v) is 3.44. The minimum absolute atomic E-state index is 0.0661. The number of benzene rings is 2. The molecule has 3 aromatic rings. The first kappa shape index (κ1) is 17.7. The lowest BCUT2D eigenvalue weighted by molar-refractivity contribution is 0.312. The van der Waals surface area contributed by atoms with Gasteiger partial charge in [-0.15, -0.1) is 5.10 Å². The molecule has 2 aromatic carbocycles. The van der Waals surface area contributed by atoms with Crippen LogP contribution in [0.1, 0.15) is 30.4 Å². The number of hydrogen-bond acceptors (Lipinski definition) is 5. The number of H-pyrrole nitrogens is 1. The molecule has 0 saturated heterocycles. The van der Waals surface area contributed by atoms with Crippen LogP contribution in [-0.4, -0.2) is 16.8 Å². The number of aromatic nitrogens is 2. The Morgan fingerprint density at radius 3 is 2.68 bits per heavy atom. The van der Waals surface area contributed by atoms with E-state index >= 15 is 0 Å². The van der Waals surface area contributed by atoms with E-state index < -0.39 is 5.92 Å². The van der Waals surface area contributed by atoms with Gasteiger partial charge in [0.05, 0.1) is 23.8 Å². The van der Waals surface area contributed by atoms with E-state index in [2.05, 4.69) is 23.2 Å². The maximum Gasteiger partial charge on any atom is 0.244 e. The molecule has 0 amide bonds. The molecule has 1 unspecified atom stereocenters. The molecule has 0 radical (unpaired) electrons. The molecule has 0 fully saturated rings. The van der Waals surface area contributed by atoms with E-state index in [1.165, 1.54) is 0 Å². The fourth-order valence-electron chi connectivity index (χ4n) is 3.44. The van der Waals surface area contributed by atoms with Crippen molar-refractivity contribution in [1.29, 1.82) is 5.26 Å². The quantitative estimate of drug-likeness (QED) is 0.703. The summed E-state index contributed by atoms with van der Waals surface area (Å²) in [5, 5.41) is 17.2. The van der Waals surface area contributed by atoms with Gasteiger partial charge in [-0.3, -0.25) is 5.10 Å². The fraction of sp³-hybridized carbons (Fsp3) is 0.182. The average Bonchev–Trinajstić information content (AvgIpc) is 3.15. The lowest BCUT2D eigenvalue weighted by Crippen LogP contribution is -2.21. The monoisotopic (exact) mass is 372 g/mol. The Morgan fingerprint density at radius 1 is 1.18 bits per heavy atom. The molecule has 0 bridgehead atoms. The lowest BCUT2D eigenvalue weighted by atomic mass is 9.82. The number of ether oxygens (including phenoxy) is 2. The highest BCUT2D eigenvalue weighted by Gasteiger charge is 2.37. The first-order valence-corrected chi connectivity index (χ1v) is 9.17. The Kier molecular flexibility index (Phi) is 4.73. The summed E-state index contributed by atoms with van der Waals surface area (Å²) in [7, 11) is 0. The Balaban J connectivity index is 1.93. The van der Waals surface area contributed by atoms with Crippen LogP contribution < -0.4 is 15.2 Å². The molecule has 140 valence electrons. The zero-order valence-corrected chi connectivity index (χ0v) is 15.5. The van der Waals surface area contributed by atoms with Crippen LogP contribution >= 0.6 is 0 Å². The maximum absolute atomic E-state index is 9.85. The topological polar surface area (TPSA) is 96.9 Å². The van der Waals surface area contributed by atoms with Crippen LogP contribution in [0.25, 0.3) is 11.3 Å². The second-order valence-corrected chi connectivity index (χ2v) is 6.49.